The van der Waals surface area contributed by atoms with Crippen LogP contribution in [0.4, 0.5) is 0 Å². The molecule has 6 heteroatoms. The molecule has 1 N–H and O–H groups in total. The number of guanidine groups is 1. The maximum Gasteiger partial charge on any atom is 0.194 e. The number of aromatic nitrogens is 2. The van der Waals surface area contributed by atoms with Gasteiger partial charge in [-0.25, -0.2) is 4.99 Å². The summed E-state index contributed by atoms with van der Waals surface area (Å²) in [4.78, 5) is 6.82. The molecule has 118 valence electrons. The van der Waals surface area contributed by atoms with E-state index >= 15 is 0 Å². The van der Waals surface area contributed by atoms with E-state index in [1.165, 1.54) is 5.56 Å². The molecule has 5 nitrogen and oxygen atoms in total. The zero-order chi connectivity index (χ0) is 15.9. The third kappa shape index (κ3) is 4.34. The fourth-order valence-corrected chi connectivity index (χ4v) is 2.55. The average Bonchev–Trinajstić information content (AvgIpc) is 2.91. The van der Waals surface area contributed by atoms with Gasteiger partial charge in [-0.3, -0.25) is 4.68 Å². The molecule has 0 saturated heterocycles. The van der Waals surface area contributed by atoms with E-state index in [-0.39, 0.29) is 0 Å². The molecule has 0 atom stereocenters. The van der Waals surface area contributed by atoms with Crippen LogP contribution >= 0.6 is 15.9 Å². The smallest absolute Gasteiger partial charge is 0.194 e. The minimum atomic E-state index is 0.610. The zero-order valence-corrected chi connectivity index (χ0v) is 14.8. The van der Waals surface area contributed by atoms with Gasteiger partial charge in [0.15, 0.2) is 5.96 Å². The van der Waals surface area contributed by atoms with Gasteiger partial charge in [0.25, 0.3) is 0 Å². The highest BCUT2D eigenvalue weighted by molar-refractivity contribution is 9.10. The van der Waals surface area contributed by atoms with Gasteiger partial charge in [0, 0.05) is 37.9 Å². The first-order chi connectivity index (χ1) is 10.6. The van der Waals surface area contributed by atoms with Crippen LogP contribution in [0.2, 0.25) is 0 Å². The van der Waals surface area contributed by atoms with Crippen molar-refractivity contribution in [2.75, 3.05) is 13.6 Å². The zero-order valence-electron chi connectivity index (χ0n) is 13.3. The van der Waals surface area contributed by atoms with Gasteiger partial charge < -0.3 is 10.2 Å². The molecule has 2 rings (SSSR count). The summed E-state index contributed by atoms with van der Waals surface area (Å²) >= 11 is 3.59. The fraction of sp³-hybridized carbons (Fsp3) is 0.375. The Hall–Kier alpha value is -1.82. The standard InChI is InChI=1S/C16H22BrN5/c1-4-18-16(19-11-14-9-10-20-22(14)3)21(2)12-13-7-5-6-8-15(13)17/h5-10H,4,11-12H2,1-3H3,(H,18,19). The van der Waals surface area contributed by atoms with E-state index in [4.69, 9.17) is 4.99 Å². The molecule has 1 aromatic carbocycles. The molecule has 0 aliphatic carbocycles. The number of nitrogens with one attached hydrogen (secondary N) is 1. The van der Waals surface area contributed by atoms with Gasteiger partial charge in [-0.15, -0.1) is 0 Å². The molecule has 0 saturated carbocycles. The molecule has 0 spiro atoms. The predicted octanol–water partition coefficient (Wildman–Crippen LogP) is 2.78. The molecule has 0 radical (unpaired) electrons. The average molecular weight is 364 g/mol. The van der Waals surface area contributed by atoms with Crippen molar-refractivity contribution in [2.45, 2.75) is 20.0 Å². The lowest BCUT2D eigenvalue weighted by atomic mass is 10.2. The van der Waals surface area contributed by atoms with Crippen LogP contribution < -0.4 is 5.32 Å². The van der Waals surface area contributed by atoms with E-state index in [1.54, 1.807) is 6.20 Å². The predicted molar refractivity (Wildman–Crippen MR) is 93.6 cm³/mol. The van der Waals surface area contributed by atoms with Crippen LogP contribution in [0.5, 0.6) is 0 Å². The van der Waals surface area contributed by atoms with Gasteiger partial charge in [0.05, 0.1) is 12.2 Å². The van der Waals surface area contributed by atoms with Crippen molar-refractivity contribution in [3.63, 3.8) is 0 Å². The molecule has 0 bridgehead atoms. The highest BCUT2D eigenvalue weighted by Gasteiger charge is 2.09. The Bertz CT molecular complexity index is 635. The van der Waals surface area contributed by atoms with Crippen LogP contribution in [0.3, 0.4) is 0 Å². The molecule has 2 aromatic rings. The fourth-order valence-electron chi connectivity index (χ4n) is 2.14. The molecule has 1 aromatic heterocycles. The van der Waals surface area contributed by atoms with Crippen molar-refractivity contribution in [1.29, 1.82) is 0 Å². The Morgan fingerprint density at radius 2 is 2.14 bits per heavy atom. The Morgan fingerprint density at radius 1 is 1.36 bits per heavy atom. The monoisotopic (exact) mass is 363 g/mol. The Morgan fingerprint density at radius 3 is 2.77 bits per heavy atom. The lowest BCUT2D eigenvalue weighted by Crippen LogP contribution is -2.38. The van der Waals surface area contributed by atoms with E-state index in [9.17, 15) is 0 Å². The molecule has 0 fully saturated rings. The van der Waals surface area contributed by atoms with Crippen molar-refractivity contribution in [1.82, 2.24) is 20.0 Å². The minimum Gasteiger partial charge on any atom is -0.357 e. The summed E-state index contributed by atoms with van der Waals surface area (Å²) in [5.74, 6) is 0.888. The van der Waals surface area contributed by atoms with Crippen LogP contribution in [0.25, 0.3) is 0 Å². The maximum atomic E-state index is 4.70. The Labute approximate surface area is 140 Å². The molecule has 0 aliphatic heterocycles. The summed E-state index contributed by atoms with van der Waals surface area (Å²) in [5.41, 5.74) is 2.32. The van der Waals surface area contributed by atoms with Gasteiger partial charge in [0.2, 0.25) is 0 Å². The third-order valence-corrected chi connectivity index (χ3v) is 4.15. The van der Waals surface area contributed by atoms with E-state index in [2.05, 4.69) is 50.3 Å². The number of benzene rings is 1. The van der Waals surface area contributed by atoms with Crippen LogP contribution in [0.1, 0.15) is 18.2 Å². The van der Waals surface area contributed by atoms with Crippen LogP contribution in [-0.4, -0.2) is 34.2 Å². The molecular formula is C16H22BrN5. The number of aliphatic imine (C=N–C) groups is 1. The van der Waals surface area contributed by atoms with E-state index in [1.807, 2.05) is 37.0 Å². The molecule has 22 heavy (non-hydrogen) atoms. The maximum absolute atomic E-state index is 4.70. The summed E-state index contributed by atoms with van der Waals surface area (Å²) in [6, 6.07) is 10.2. The minimum absolute atomic E-state index is 0.610. The van der Waals surface area contributed by atoms with E-state index in [0.717, 1.165) is 29.2 Å². The van der Waals surface area contributed by atoms with Crippen LogP contribution in [0.15, 0.2) is 46.0 Å². The normalized spacial score (nSPS) is 11.5. The van der Waals surface area contributed by atoms with Crippen molar-refractivity contribution in [3.8, 4) is 0 Å². The molecular weight excluding hydrogens is 342 g/mol. The van der Waals surface area contributed by atoms with Crippen molar-refractivity contribution in [3.05, 3.63) is 52.3 Å². The summed E-state index contributed by atoms with van der Waals surface area (Å²) in [6.45, 7) is 4.31. The van der Waals surface area contributed by atoms with E-state index < -0.39 is 0 Å². The third-order valence-electron chi connectivity index (χ3n) is 3.38. The SMILES string of the molecule is CCNC(=NCc1ccnn1C)N(C)Cc1ccccc1Br. The summed E-state index contributed by atoms with van der Waals surface area (Å²) in [5, 5.41) is 7.51. The highest BCUT2D eigenvalue weighted by atomic mass is 79.9. The first kappa shape index (κ1) is 16.5. The Kier molecular flexibility index (Phi) is 6.00. The van der Waals surface area contributed by atoms with Gasteiger partial charge in [-0.05, 0) is 24.6 Å². The number of rotatable bonds is 5. The van der Waals surface area contributed by atoms with Crippen molar-refractivity contribution >= 4 is 21.9 Å². The molecule has 0 unspecified atom stereocenters. The van der Waals surface area contributed by atoms with Gasteiger partial charge in [0.1, 0.15) is 0 Å². The number of hydrogen-bond donors (Lipinski definition) is 1. The van der Waals surface area contributed by atoms with Crippen LogP contribution in [0, 0.1) is 0 Å². The molecule has 0 aliphatic rings. The second-order valence-corrected chi connectivity index (χ2v) is 5.92. The number of nitrogens with zero attached hydrogens (tertiary/aromatic N) is 4. The quantitative estimate of drug-likeness (QED) is 0.656. The van der Waals surface area contributed by atoms with Crippen molar-refractivity contribution in [2.24, 2.45) is 12.0 Å². The lowest BCUT2D eigenvalue weighted by Gasteiger charge is -2.22. The molecule has 0 amide bonds. The molecule has 1 heterocycles. The second kappa shape index (κ2) is 7.98. The number of halogens is 1. The second-order valence-electron chi connectivity index (χ2n) is 5.06. The van der Waals surface area contributed by atoms with Gasteiger partial charge in [-0.1, -0.05) is 34.1 Å². The number of hydrogen-bond acceptors (Lipinski definition) is 2. The van der Waals surface area contributed by atoms with Crippen LogP contribution in [-0.2, 0) is 20.1 Å². The highest BCUT2D eigenvalue weighted by Crippen LogP contribution is 2.17. The largest absolute Gasteiger partial charge is 0.357 e. The first-order valence-electron chi connectivity index (χ1n) is 7.31. The summed E-state index contributed by atoms with van der Waals surface area (Å²) in [7, 11) is 3.98. The summed E-state index contributed by atoms with van der Waals surface area (Å²) < 4.78 is 2.96. The Balaban J connectivity index is 2.09. The lowest BCUT2D eigenvalue weighted by molar-refractivity contribution is 0.475. The van der Waals surface area contributed by atoms with Gasteiger partial charge >= 0.3 is 0 Å². The topological polar surface area (TPSA) is 45.5 Å². The number of aryl methyl sites for hydroxylation is 1. The summed E-state index contributed by atoms with van der Waals surface area (Å²) in [6.07, 6.45) is 1.79. The first-order valence-corrected chi connectivity index (χ1v) is 8.11. The van der Waals surface area contributed by atoms with Gasteiger partial charge in [-0.2, -0.15) is 5.10 Å². The van der Waals surface area contributed by atoms with Crippen molar-refractivity contribution < 1.29 is 0 Å². The van der Waals surface area contributed by atoms with E-state index in [0.29, 0.717) is 6.54 Å².